The molecule has 2 atom stereocenters. The molecule has 132 valence electrons. The lowest BCUT2D eigenvalue weighted by atomic mass is 9.99. The molecule has 0 aliphatic heterocycles. The summed E-state index contributed by atoms with van der Waals surface area (Å²) < 4.78 is 9.21. The highest BCUT2D eigenvalue weighted by Gasteiger charge is 2.25. The Hall–Kier alpha value is -0.443. The van der Waals surface area contributed by atoms with Crippen LogP contribution in [0.15, 0.2) is 18.3 Å². The fraction of sp³-hybridized carbons (Fsp3) is 0.611. The number of hydrogen-bond acceptors (Lipinski definition) is 3. The van der Waals surface area contributed by atoms with Crippen molar-refractivity contribution in [2.45, 2.75) is 63.7 Å². The third-order valence-corrected chi connectivity index (χ3v) is 7.40. The predicted molar refractivity (Wildman–Crippen MR) is 109 cm³/mol. The molecule has 3 rings (SSSR count). The summed E-state index contributed by atoms with van der Waals surface area (Å²) in [7, 11) is -1.05. The molecule has 1 N–H and O–H groups in total. The van der Waals surface area contributed by atoms with Gasteiger partial charge < -0.3 is 9.84 Å². The lowest BCUT2D eigenvalue weighted by Gasteiger charge is -2.16. The second-order valence-corrected chi connectivity index (χ2v) is 14.8. The van der Waals surface area contributed by atoms with Crippen molar-refractivity contribution in [3.8, 4) is 0 Å². The highest BCUT2D eigenvalue weighted by Crippen LogP contribution is 2.35. The molecule has 1 fully saturated rings. The van der Waals surface area contributed by atoms with Crippen molar-refractivity contribution in [1.82, 2.24) is 9.55 Å². The van der Waals surface area contributed by atoms with E-state index in [-0.39, 0.29) is 6.10 Å². The maximum atomic E-state index is 9.76. The van der Waals surface area contributed by atoms with E-state index in [1.54, 1.807) is 0 Å². The van der Waals surface area contributed by atoms with Gasteiger partial charge in [-0.2, -0.15) is 0 Å². The summed E-state index contributed by atoms with van der Waals surface area (Å²) in [6, 6.07) is 5.61. The number of rotatable bonds is 6. The molecule has 0 saturated heterocycles. The monoisotopic (exact) mass is 458 g/mol. The summed E-state index contributed by atoms with van der Waals surface area (Å²) in [5, 5.41) is 10.9. The lowest BCUT2D eigenvalue weighted by Crippen LogP contribution is -2.22. The molecular formula is C18H27IN2O2Si. The van der Waals surface area contributed by atoms with E-state index < -0.39 is 8.07 Å². The number of ether oxygens (including phenoxy) is 1. The topological polar surface area (TPSA) is 47.3 Å². The zero-order valence-electron chi connectivity index (χ0n) is 14.8. The average molecular weight is 458 g/mol. The minimum atomic E-state index is -1.05. The quantitative estimate of drug-likeness (QED) is 0.392. The fourth-order valence-corrected chi connectivity index (χ4v) is 4.73. The number of nitrogens with zero attached hydrogens (tertiary/aromatic N) is 2. The molecule has 0 spiro atoms. The molecule has 0 bridgehead atoms. The van der Waals surface area contributed by atoms with E-state index in [0.29, 0.717) is 12.6 Å². The van der Waals surface area contributed by atoms with Crippen molar-refractivity contribution in [3.05, 3.63) is 27.6 Å². The molecule has 0 radical (unpaired) electrons. The normalized spacial score (nSPS) is 21.7. The molecule has 1 aliphatic rings. The Morgan fingerprint density at radius 2 is 2.12 bits per heavy atom. The number of aliphatic hydroxyl groups excluding tert-OH is 1. The first kappa shape index (κ1) is 18.4. The molecular weight excluding hydrogens is 431 g/mol. The molecule has 4 nitrogen and oxygen atoms in total. The van der Waals surface area contributed by atoms with E-state index in [2.05, 4.69) is 58.9 Å². The van der Waals surface area contributed by atoms with Crippen LogP contribution < -0.4 is 0 Å². The first-order valence-corrected chi connectivity index (χ1v) is 13.5. The van der Waals surface area contributed by atoms with Gasteiger partial charge in [-0.15, -0.1) is 0 Å². The van der Waals surface area contributed by atoms with Crippen LogP contribution in [0.1, 0.15) is 30.7 Å². The van der Waals surface area contributed by atoms with Crippen molar-refractivity contribution in [2.75, 3.05) is 6.61 Å². The first-order valence-electron chi connectivity index (χ1n) is 8.74. The Morgan fingerprint density at radius 3 is 2.79 bits per heavy atom. The summed E-state index contributed by atoms with van der Waals surface area (Å²) in [6.45, 7) is 8.50. The summed E-state index contributed by atoms with van der Waals surface area (Å²) >= 11 is 2.36. The van der Waals surface area contributed by atoms with Gasteiger partial charge >= 0.3 is 0 Å². The number of pyridine rings is 1. The SMILES string of the molecule is C[Si](C)(C)CCOCn1c(I)cc2cc(C3CCC(O)C3)cnc21. The second-order valence-electron chi connectivity index (χ2n) is 8.09. The fourth-order valence-electron chi connectivity index (χ4n) is 3.27. The number of aliphatic hydroxyl groups is 1. The van der Waals surface area contributed by atoms with Crippen molar-refractivity contribution >= 4 is 41.7 Å². The third kappa shape index (κ3) is 4.39. The van der Waals surface area contributed by atoms with Gasteiger partial charge in [-0.3, -0.25) is 4.57 Å². The Morgan fingerprint density at radius 1 is 1.33 bits per heavy atom. The minimum Gasteiger partial charge on any atom is -0.393 e. The Labute approximate surface area is 158 Å². The predicted octanol–water partition coefficient (Wildman–Crippen LogP) is 4.58. The molecule has 1 saturated carbocycles. The van der Waals surface area contributed by atoms with Crippen LogP contribution in [0.4, 0.5) is 0 Å². The van der Waals surface area contributed by atoms with Crippen LogP contribution >= 0.6 is 22.6 Å². The van der Waals surface area contributed by atoms with E-state index in [1.807, 2.05) is 6.20 Å². The van der Waals surface area contributed by atoms with Gasteiger partial charge in [0, 0.05) is 26.3 Å². The van der Waals surface area contributed by atoms with E-state index in [1.165, 1.54) is 17.0 Å². The highest BCUT2D eigenvalue weighted by atomic mass is 127. The van der Waals surface area contributed by atoms with Crippen molar-refractivity contribution in [2.24, 2.45) is 0 Å². The average Bonchev–Trinajstić information content (AvgIpc) is 3.05. The van der Waals surface area contributed by atoms with E-state index in [0.717, 1.165) is 35.2 Å². The first-order chi connectivity index (χ1) is 11.3. The Bertz CT molecular complexity index is 711. The van der Waals surface area contributed by atoms with Crippen LogP contribution in [0.5, 0.6) is 0 Å². The molecule has 2 aromatic rings. The smallest absolute Gasteiger partial charge is 0.142 e. The largest absolute Gasteiger partial charge is 0.393 e. The van der Waals surface area contributed by atoms with Crippen LogP contribution in [-0.4, -0.2) is 35.4 Å². The maximum Gasteiger partial charge on any atom is 0.142 e. The number of halogens is 1. The van der Waals surface area contributed by atoms with Gasteiger partial charge in [-0.1, -0.05) is 19.6 Å². The van der Waals surface area contributed by atoms with Crippen molar-refractivity contribution < 1.29 is 9.84 Å². The molecule has 0 amide bonds. The van der Waals surface area contributed by atoms with Gasteiger partial charge in [0.05, 0.1) is 9.80 Å². The molecule has 2 unspecified atom stereocenters. The molecule has 0 aromatic carbocycles. The third-order valence-electron chi connectivity index (χ3n) is 4.80. The second kappa shape index (κ2) is 7.43. The summed E-state index contributed by atoms with van der Waals surface area (Å²) in [6.07, 6.45) is 4.68. The highest BCUT2D eigenvalue weighted by molar-refractivity contribution is 14.1. The molecule has 2 aromatic heterocycles. The van der Waals surface area contributed by atoms with Crippen molar-refractivity contribution in [1.29, 1.82) is 0 Å². The van der Waals surface area contributed by atoms with E-state index >= 15 is 0 Å². The van der Waals surface area contributed by atoms with Crippen LogP contribution in [0, 0.1) is 3.70 Å². The zero-order chi connectivity index (χ0) is 17.3. The summed E-state index contributed by atoms with van der Waals surface area (Å²) in [4.78, 5) is 4.70. The van der Waals surface area contributed by atoms with Gasteiger partial charge in [-0.25, -0.2) is 4.98 Å². The lowest BCUT2D eigenvalue weighted by molar-refractivity contribution is 0.0883. The van der Waals surface area contributed by atoms with E-state index in [4.69, 9.17) is 9.72 Å². The summed E-state index contributed by atoms with van der Waals surface area (Å²) in [5.74, 6) is 0.450. The Balaban J connectivity index is 1.72. The molecule has 1 aliphatic carbocycles. The minimum absolute atomic E-state index is 0.143. The van der Waals surface area contributed by atoms with Crippen LogP contribution in [0.3, 0.4) is 0 Å². The number of fused-ring (bicyclic) bond motifs is 1. The van der Waals surface area contributed by atoms with Gasteiger partial charge in [-0.05, 0) is 71.5 Å². The van der Waals surface area contributed by atoms with Crippen molar-refractivity contribution in [3.63, 3.8) is 0 Å². The van der Waals surface area contributed by atoms with Gasteiger partial charge in [0.1, 0.15) is 12.4 Å². The van der Waals surface area contributed by atoms with E-state index in [9.17, 15) is 5.11 Å². The van der Waals surface area contributed by atoms with Gasteiger partial charge in [0.2, 0.25) is 0 Å². The molecule has 2 heterocycles. The Kier molecular flexibility index (Phi) is 5.68. The standard InChI is InChI=1S/C18H27IN2O2Si/c1-24(2,3)7-6-23-12-21-17(19)10-14-8-15(11-20-18(14)21)13-4-5-16(22)9-13/h8,10-11,13,16,22H,4-7,9,12H2,1-3H3. The van der Waals surface area contributed by atoms with Crippen LogP contribution in [-0.2, 0) is 11.5 Å². The number of hydrogen-bond donors (Lipinski definition) is 1. The van der Waals surface area contributed by atoms with Gasteiger partial charge in [0.15, 0.2) is 0 Å². The van der Waals surface area contributed by atoms with Crippen LogP contribution in [0.25, 0.3) is 11.0 Å². The summed E-state index contributed by atoms with van der Waals surface area (Å²) in [5.41, 5.74) is 2.25. The molecule has 24 heavy (non-hydrogen) atoms. The zero-order valence-corrected chi connectivity index (χ0v) is 17.9. The number of aromatic nitrogens is 2. The van der Waals surface area contributed by atoms with Crippen LogP contribution in [0.2, 0.25) is 25.7 Å². The van der Waals surface area contributed by atoms with Gasteiger partial charge in [0.25, 0.3) is 0 Å². The molecule has 6 heteroatoms. The maximum absolute atomic E-state index is 9.76.